The summed E-state index contributed by atoms with van der Waals surface area (Å²) in [6, 6.07) is 7.34. The van der Waals surface area contributed by atoms with Crippen molar-refractivity contribution in [1.82, 2.24) is 0 Å². The van der Waals surface area contributed by atoms with E-state index in [1.807, 2.05) is 18.2 Å². The number of allylic oxidation sites excluding steroid dienone is 4. The van der Waals surface area contributed by atoms with Gasteiger partial charge in [-0.25, -0.2) is 0 Å². The highest BCUT2D eigenvalue weighted by atomic mass is 32.1. The van der Waals surface area contributed by atoms with E-state index >= 15 is 0 Å². The second-order valence-corrected chi connectivity index (χ2v) is 5.52. The van der Waals surface area contributed by atoms with Crippen LogP contribution in [0.1, 0.15) is 11.3 Å². The average Bonchev–Trinajstić information content (AvgIpc) is 2.48. The Labute approximate surface area is 122 Å². The minimum absolute atomic E-state index is 0.129. The van der Waals surface area contributed by atoms with Crippen LogP contribution in [0.25, 0.3) is 10.1 Å². The second-order valence-electron chi connectivity index (χ2n) is 4.38. The molecule has 102 valence electrons. The zero-order valence-electron chi connectivity index (χ0n) is 11.1. The van der Waals surface area contributed by atoms with Gasteiger partial charge in [-0.05, 0) is 30.5 Å². The maximum Gasteiger partial charge on any atom is 0.229 e. The molecule has 0 saturated carbocycles. The summed E-state index contributed by atoms with van der Waals surface area (Å²) in [5, 5.41) is 10.6. The van der Waals surface area contributed by atoms with Crippen molar-refractivity contribution < 1.29 is 5.11 Å². The van der Waals surface area contributed by atoms with Crippen LogP contribution in [0.2, 0.25) is 0 Å². The lowest BCUT2D eigenvalue weighted by Gasteiger charge is -2.06. The van der Waals surface area contributed by atoms with Gasteiger partial charge in [0.15, 0.2) is 5.75 Å². The number of hydrogen-bond donors (Lipinski definition) is 1. The predicted octanol–water partition coefficient (Wildman–Crippen LogP) is 4.20. The van der Waals surface area contributed by atoms with E-state index in [0.717, 1.165) is 16.7 Å². The quantitative estimate of drug-likeness (QED) is 0.836. The SMILES string of the molecule is C=C/C=C(\C=C)CCc1sc2ccccc2c(=O)c1O. The molecule has 0 spiro atoms. The summed E-state index contributed by atoms with van der Waals surface area (Å²) < 4.78 is 0.901. The summed E-state index contributed by atoms with van der Waals surface area (Å²) >= 11 is 1.46. The predicted molar refractivity (Wildman–Crippen MR) is 86.6 cm³/mol. The first-order chi connectivity index (χ1) is 9.67. The largest absolute Gasteiger partial charge is 0.503 e. The van der Waals surface area contributed by atoms with Crippen LogP contribution in [0, 0.1) is 0 Å². The first-order valence-electron chi connectivity index (χ1n) is 6.35. The number of aromatic hydroxyl groups is 1. The third-order valence-electron chi connectivity index (χ3n) is 3.08. The molecular formula is C17H16O2S. The van der Waals surface area contributed by atoms with Crippen molar-refractivity contribution in [3.63, 3.8) is 0 Å². The molecule has 2 nitrogen and oxygen atoms in total. The molecule has 0 radical (unpaired) electrons. The Morgan fingerprint density at radius 2 is 2.05 bits per heavy atom. The van der Waals surface area contributed by atoms with Crippen molar-refractivity contribution in [1.29, 1.82) is 0 Å². The monoisotopic (exact) mass is 284 g/mol. The van der Waals surface area contributed by atoms with E-state index in [4.69, 9.17) is 0 Å². The van der Waals surface area contributed by atoms with Crippen LogP contribution in [0.5, 0.6) is 5.75 Å². The first kappa shape index (κ1) is 14.3. The molecule has 0 amide bonds. The van der Waals surface area contributed by atoms with E-state index in [2.05, 4.69) is 13.2 Å². The number of rotatable bonds is 5. The van der Waals surface area contributed by atoms with Crippen LogP contribution in [0.4, 0.5) is 0 Å². The van der Waals surface area contributed by atoms with Crippen LogP contribution >= 0.6 is 11.3 Å². The van der Waals surface area contributed by atoms with Gasteiger partial charge in [-0.3, -0.25) is 4.79 Å². The van der Waals surface area contributed by atoms with Gasteiger partial charge >= 0.3 is 0 Å². The van der Waals surface area contributed by atoms with E-state index < -0.39 is 0 Å². The molecule has 0 saturated heterocycles. The van der Waals surface area contributed by atoms with Crippen molar-refractivity contribution in [2.45, 2.75) is 12.8 Å². The molecule has 0 atom stereocenters. The third kappa shape index (κ3) is 2.89. The highest BCUT2D eigenvalue weighted by molar-refractivity contribution is 7.18. The van der Waals surface area contributed by atoms with Gasteiger partial charge in [0.05, 0.1) is 4.88 Å². The third-order valence-corrected chi connectivity index (χ3v) is 4.30. The van der Waals surface area contributed by atoms with E-state index in [1.54, 1.807) is 24.3 Å². The minimum atomic E-state index is -0.290. The lowest BCUT2D eigenvalue weighted by Crippen LogP contribution is -2.03. The minimum Gasteiger partial charge on any atom is -0.503 e. The summed E-state index contributed by atoms with van der Waals surface area (Å²) in [6.45, 7) is 7.40. The molecule has 1 aromatic carbocycles. The molecule has 1 heterocycles. The van der Waals surface area contributed by atoms with Crippen molar-refractivity contribution in [3.8, 4) is 5.75 Å². The summed E-state index contributed by atoms with van der Waals surface area (Å²) in [7, 11) is 0. The molecular weight excluding hydrogens is 268 g/mol. The summed E-state index contributed by atoms with van der Waals surface area (Å²) in [5.41, 5.74) is 0.745. The highest BCUT2D eigenvalue weighted by Crippen LogP contribution is 2.27. The van der Waals surface area contributed by atoms with Crippen LogP contribution < -0.4 is 5.43 Å². The van der Waals surface area contributed by atoms with E-state index in [9.17, 15) is 9.90 Å². The topological polar surface area (TPSA) is 37.3 Å². The number of benzene rings is 1. The second kappa shape index (κ2) is 6.35. The van der Waals surface area contributed by atoms with Gasteiger partial charge in [0.2, 0.25) is 5.43 Å². The standard InChI is InChI=1S/C17H16O2S/c1-3-7-12(4-2)10-11-15-17(19)16(18)13-8-5-6-9-14(13)20-15/h3-9,19H,1-2,10-11H2/b12-7+. The fourth-order valence-electron chi connectivity index (χ4n) is 2.01. The lowest BCUT2D eigenvalue weighted by molar-refractivity contribution is 0.466. The van der Waals surface area contributed by atoms with Crippen LogP contribution in [0.3, 0.4) is 0 Å². The molecule has 1 N–H and O–H groups in total. The maximum atomic E-state index is 12.1. The Kier molecular flexibility index (Phi) is 4.53. The van der Waals surface area contributed by atoms with Crippen molar-refractivity contribution >= 4 is 21.4 Å². The van der Waals surface area contributed by atoms with Crippen LogP contribution in [-0.2, 0) is 6.42 Å². The summed E-state index contributed by atoms with van der Waals surface area (Å²) in [5.74, 6) is -0.129. The molecule has 3 heteroatoms. The number of fused-ring (bicyclic) bond motifs is 1. The first-order valence-corrected chi connectivity index (χ1v) is 7.16. The summed E-state index contributed by atoms with van der Waals surface area (Å²) in [6.07, 6.45) is 6.69. The number of aryl methyl sites for hydroxylation is 1. The van der Waals surface area contributed by atoms with Gasteiger partial charge in [-0.1, -0.05) is 43.5 Å². The van der Waals surface area contributed by atoms with E-state index in [0.29, 0.717) is 16.7 Å². The van der Waals surface area contributed by atoms with Crippen molar-refractivity contribution in [2.75, 3.05) is 0 Å². The summed E-state index contributed by atoms with van der Waals surface area (Å²) in [4.78, 5) is 12.8. The Hall–Kier alpha value is -2.13. The molecule has 2 aromatic rings. The van der Waals surface area contributed by atoms with Gasteiger partial charge in [0.25, 0.3) is 0 Å². The van der Waals surface area contributed by atoms with Crippen LogP contribution in [0.15, 0.2) is 66.0 Å². The van der Waals surface area contributed by atoms with Gasteiger partial charge in [0, 0.05) is 10.1 Å². The molecule has 0 aliphatic heterocycles. The Morgan fingerprint density at radius 3 is 2.75 bits per heavy atom. The fraction of sp³-hybridized carbons (Fsp3) is 0.118. The van der Waals surface area contributed by atoms with E-state index in [1.165, 1.54) is 11.3 Å². The van der Waals surface area contributed by atoms with Gasteiger partial charge in [-0.2, -0.15) is 0 Å². The van der Waals surface area contributed by atoms with Crippen LogP contribution in [-0.4, -0.2) is 5.11 Å². The van der Waals surface area contributed by atoms with E-state index in [-0.39, 0.29) is 11.2 Å². The molecule has 0 fully saturated rings. The maximum absolute atomic E-state index is 12.1. The molecule has 20 heavy (non-hydrogen) atoms. The molecule has 1 aromatic heterocycles. The van der Waals surface area contributed by atoms with Gasteiger partial charge in [0.1, 0.15) is 0 Å². The Balaban J connectivity index is 2.38. The molecule has 0 aliphatic rings. The van der Waals surface area contributed by atoms with Crippen molar-refractivity contribution in [2.24, 2.45) is 0 Å². The number of hydrogen-bond acceptors (Lipinski definition) is 3. The van der Waals surface area contributed by atoms with Gasteiger partial charge in [-0.15, -0.1) is 11.3 Å². The molecule has 2 rings (SSSR count). The molecule has 0 unspecified atom stereocenters. The normalized spacial score (nSPS) is 11.5. The zero-order chi connectivity index (χ0) is 14.5. The fourth-order valence-corrected chi connectivity index (χ4v) is 3.09. The Morgan fingerprint density at radius 1 is 1.30 bits per heavy atom. The van der Waals surface area contributed by atoms with Gasteiger partial charge < -0.3 is 5.11 Å². The van der Waals surface area contributed by atoms with Crippen molar-refractivity contribution in [3.05, 3.63) is 76.3 Å². The Bertz CT molecular complexity index is 738. The average molecular weight is 284 g/mol. The highest BCUT2D eigenvalue weighted by Gasteiger charge is 2.11. The smallest absolute Gasteiger partial charge is 0.229 e. The molecule has 0 aliphatic carbocycles. The zero-order valence-corrected chi connectivity index (χ0v) is 12.0. The lowest BCUT2D eigenvalue weighted by atomic mass is 10.1. The molecule has 0 bridgehead atoms.